The largest absolute Gasteiger partial charge is 0.350 e. The first-order valence-corrected chi connectivity index (χ1v) is 9.84. The number of hydrogen-bond donors (Lipinski definition) is 1. The second kappa shape index (κ2) is 8.27. The summed E-state index contributed by atoms with van der Waals surface area (Å²) < 4.78 is 51.8. The molecule has 1 amide bonds. The summed E-state index contributed by atoms with van der Waals surface area (Å²) in [6.07, 6.45) is 1.19. The second-order valence-corrected chi connectivity index (χ2v) is 7.67. The Balaban J connectivity index is 2.23. The number of nitrogens with one attached hydrogen (secondary N) is 1. The van der Waals surface area contributed by atoms with E-state index in [0.29, 0.717) is 5.56 Å². The molecular formula is C18H20F2N2O3S. The van der Waals surface area contributed by atoms with Crippen LogP contribution in [0.3, 0.4) is 0 Å². The molecule has 0 heterocycles. The summed E-state index contributed by atoms with van der Waals surface area (Å²) in [6, 6.07) is 9.61. The molecule has 0 aliphatic rings. The summed E-state index contributed by atoms with van der Waals surface area (Å²) in [7, 11) is -3.79. The van der Waals surface area contributed by atoms with Crippen molar-refractivity contribution in [3.63, 3.8) is 0 Å². The maximum atomic E-state index is 13.2. The Labute approximate surface area is 151 Å². The zero-order valence-corrected chi connectivity index (χ0v) is 15.3. The summed E-state index contributed by atoms with van der Waals surface area (Å²) in [6.45, 7) is 1.74. The Hall–Kier alpha value is -2.48. The summed E-state index contributed by atoms with van der Waals surface area (Å²) in [5.74, 6) is -1.45. The van der Waals surface area contributed by atoms with E-state index in [9.17, 15) is 22.0 Å². The minimum absolute atomic E-state index is 0.0636. The van der Waals surface area contributed by atoms with Crippen molar-refractivity contribution in [2.45, 2.75) is 25.9 Å². The van der Waals surface area contributed by atoms with Crippen LogP contribution in [0.25, 0.3) is 0 Å². The van der Waals surface area contributed by atoms with Crippen molar-refractivity contribution in [2.24, 2.45) is 0 Å². The van der Waals surface area contributed by atoms with Gasteiger partial charge in [0.05, 0.1) is 11.9 Å². The smallest absolute Gasteiger partial charge is 0.244 e. The highest BCUT2D eigenvalue weighted by Gasteiger charge is 2.31. The molecule has 0 fully saturated rings. The van der Waals surface area contributed by atoms with Gasteiger partial charge in [0.2, 0.25) is 15.9 Å². The molecular weight excluding hydrogens is 362 g/mol. The van der Waals surface area contributed by atoms with Crippen LogP contribution in [0.4, 0.5) is 14.5 Å². The fraction of sp³-hybridized carbons (Fsp3) is 0.278. The van der Waals surface area contributed by atoms with Crippen molar-refractivity contribution in [2.75, 3.05) is 10.6 Å². The number of hydrogen-bond acceptors (Lipinski definition) is 3. The number of anilines is 1. The number of sulfonamides is 1. The van der Waals surface area contributed by atoms with Gasteiger partial charge in [-0.2, -0.15) is 0 Å². The van der Waals surface area contributed by atoms with E-state index < -0.39 is 33.6 Å². The van der Waals surface area contributed by atoms with E-state index >= 15 is 0 Å². The molecule has 2 aromatic carbocycles. The Morgan fingerprint density at radius 3 is 2.31 bits per heavy atom. The summed E-state index contributed by atoms with van der Waals surface area (Å²) in [4.78, 5) is 12.6. The minimum atomic E-state index is -3.79. The number of carbonyl (C=O) groups excluding carboxylic acids is 1. The van der Waals surface area contributed by atoms with Crippen molar-refractivity contribution in [3.8, 4) is 0 Å². The number of halogens is 2. The lowest BCUT2D eigenvalue weighted by atomic mass is 10.1. The third-order valence-electron chi connectivity index (χ3n) is 3.77. The molecule has 0 radical (unpaired) electrons. The van der Waals surface area contributed by atoms with Gasteiger partial charge in [0.25, 0.3) is 0 Å². The van der Waals surface area contributed by atoms with Gasteiger partial charge in [0.15, 0.2) is 0 Å². The normalized spacial score (nSPS) is 12.5. The molecule has 26 heavy (non-hydrogen) atoms. The van der Waals surface area contributed by atoms with E-state index in [0.717, 1.165) is 22.7 Å². The van der Waals surface area contributed by atoms with Crippen molar-refractivity contribution >= 4 is 21.6 Å². The number of carbonyl (C=O) groups is 1. The molecule has 0 aromatic heterocycles. The number of nitrogens with zero attached hydrogens (tertiary/aromatic N) is 1. The number of rotatable bonds is 7. The average molecular weight is 382 g/mol. The zero-order chi connectivity index (χ0) is 19.3. The standard InChI is InChI=1S/C18H20F2N2O3S/c1-3-17(18(23)21-12-13-5-4-6-15(20)11-13)22(26(2,24)25)16-9-7-14(19)8-10-16/h4-11,17H,3,12H2,1-2H3,(H,21,23). The van der Waals surface area contributed by atoms with Crippen LogP contribution in [0.2, 0.25) is 0 Å². The third-order valence-corrected chi connectivity index (χ3v) is 4.95. The van der Waals surface area contributed by atoms with E-state index in [1.54, 1.807) is 13.0 Å². The number of amides is 1. The second-order valence-electron chi connectivity index (χ2n) is 5.81. The first kappa shape index (κ1) is 19.8. The molecule has 140 valence electrons. The lowest BCUT2D eigenvalue weighted by molar-refractivity contribution is -0.122. The molecule has 2 aromatic rings. The first-order valence-electron chi connectivity index (χ1n) is 7.99. The fourth-order valence-corrected chi connectivity index (χ4v) is 3.81. The molecule has 0 bridgehead atoms. The summed E-state index contributed by atoms with van der Waals surface area (Å²) >= 11 is 0. The van der Waals surface area contributed by atoms with Gasteiger partial charge in [-0.3, -0.25) is 9.10 Å². The highest BCUT2D eigenvalue weighted by Crippen LogP contribution is 2.23. The molecule has 8 heteroatoms. The monoisotopic (exact) mass is 382 g/mol. The van der Waals surface area contributed by atoms with E-state index in [1.807, 2.05) is 0 Å². The summed E-state index contributed by atoms with van der Waals surface area (Å²) in [5.41, 5.74) is 0.752. The lowest BCUT2D eigenvalue weighted by Gasteiger charge is -2.30. The SMILES string of the molecule is CCC(C(=O)NCc1cccc(F)c1)N(c1ccc(F)cc1)S(C)(=O)=O. The van der Waals surface area contributed by atoms with E-state index in [2.05, 4.69) is 5.32 Å². The van der Waals surface area contributed by atoms with Crippen LogP contribution in [-0.2, 0) is 21.4 Å². The van der Waals surface area contributed by atoms with Crippen LogP contribution in [0, 0.1) is 11.6 Å². The van der Waals surface area contributed by atoms with Crippen molar-refractivity contribution < 1.29 is 22.0 Å². The Bertz CT molecular complexity index is 870. The van der Waals surface area contributed by atoms with Gasteiger partial charge >= 0.3 is 0 Å². The minimum Gasteiger partial charge on any atom is -0.350 e. The van der Waals surface area contributed by atoms with Crippen LogP contribution in [0.1, 0.15) is 18.9 Å². The molecule has 5 nitrogen and oxygen atoms in total. The molecule has 1 atom stereocenters. The molecule has 1 unspecified atom stereocenters. The predicted octanol–water partition coefficient (Wildman–Crippen LogP) is 2.83. The molecule has 0 saturated heterocycles. The van der Waals surface area contributed by atoms with Crippen LogP contribution < -0.4 is 9.62 Å². The predicted molar refractivity (Wildman–Crippen MR) is 96.0 cm³/mol. The molecule has 0 saturated carbocycles. The number of benzene rings is 2. The average Bonchev–Trinajstić information content (AvgIpc) is 2.57. The Morgan fingerprint density at radius 1 is 1.12 bits per heavy atom. The third kappa shape index (κ3) is 5.01. The molecule has 1 N–H and O–H groups in total. The van der Waals surface area contributed by atoms with Gasteiger partial charge in [-0.15, -0.1) is 0 Å². The maximum absolute atomic E-state index is 13.2. The van der Waals surface area contributed by atoms with Gasteiger partial charge in [-0.25, -0.2) is 17.2 Å². The molecule has 0 aliphatic heterocycles. The van der Waals surface area contributed by atoms with E-state index in [-0.39, 0.29) is 18.7 Å². The quantitative estimate of drug-likeness (QED) is 0.801. The Kier molecular flexibility index (Phi) is 6.31. The van der Waals surface area contributed by atoms with Crippen LogP contribution in [0.15, 0.2) is 48.5 Å². The fourth-order valence-electron chi connectivity index (χ4n) is 2.60. The van der Waals surface area contributed by atoms with E-state index in [1.165, 1.54) is 30.3 Å². The van der Waals surface area contributed by atoms with Crippen LogP contribution in [-0.4, -0.2) is 26.6 Å². The van der Waals surface area contributed by atoms with E-state index in [4.69, 9.17) is 0 Å². The van der Waals surface area contributed by atoms with Crippen molar-refractivity contribution in [3.05, 3.63) is 65.7 Å². The zero-order valence-electron chi connectivity index (χ0n) is 14.4. The molecule has 0 aliphatic carbocycles. The topological polar surface area (TPSA) is 66.5 Å². The van der Waals surface area contributed by atoms with Crippen molar-refractivity contribution in [1.29, 1.82) is 0 Å². The highest BCUT2D eigenvalue weighted by molar-refractivity contribution is 7.92. The summed E-state index contributed by atoms with van der Waals surface area (Å²) in [5, 5.41) is 2.63. The highest BCUT2D eigenvalue weighted by atomic mass is 32.2. The van der Waals surface area contributed by atoms with Crippen LogP contribution >= 0.6 is 0 Å². The van der Waals surface area contributed by atoms with Crippen molar-refractivity contribution in [1.82, 2.24) is 5.32 Å². The van der Waals surface area contributed by atoms with Gasteiger partial charge in [0.1, 0.15) is 17.7 Å². The van der Waals surface area contributed by atoms with Gasteiger partial charge in [-0.05, 0) is 48.4 Å². The lowest BCUT2D eigenvalue weighted by Crippen LogP contribution is -2.49. The van der Waals surface area contributed by atoms with Gasteiger partial charge < -0.3 is 5.32 Å². The first-order chi connectivity index (χ1) is 12.2. The van der Waals surface area contributed by atoms with Gasteiger partial charge in [-0.1, -0.05) is 19.1 Å². The maximum Gasteiger partial charge on any atom is 0.244 e. The van der Waals surface area contributed by atoms with Crippen LogP contribution in [0.5, 0.6) is 0 Å². The Morgan fingerprint density at radius 2 is 1.77 bits per heavy atom. The van der Waals surface area contributed by atoms with Gasteiger partial charge in [0, 0.05) is 6.54 Å². The molecule has 2 rings (SSSR count). The molecule has 0 spiro atoms.